The van der Waals surface area contributed by atoms with Crippen LogP contribution in [0.15, 0.2) is 35.9 Å². The predicted octanol–water partition coefficient (Wildman–Crippen LogP) is 2.71. The van der Waals surface area contributed by atoms with E-state index in [1.807, 2.05) is 12.1 Å². The van der Waals surface area contributed by atoms with Gasteiger partial charge in [0.05, 0.1) is 39.8 Å². The maximum Gasteiger partial charge on any atom is 0.315 e. The average molecular weight is 426 g/mol. The molecule has 5 heteroatoms. The number of benzene rings is 1. The van der Waals surface area contributed by atoms with Gasteiger partial charge in [-0.15, -0.1) is 0 Å². The molecular weight excluding hydrogens is 388 g/mol. The molecule has 168 valence electrons. The first-order valence-corrected chi connectivity index (χ1v) is 12.1. The van der Waals surface area contributed by atoms with E-state index in [2.05, 4.69) is 37.0 Å². The summed E-state index contributed by atoms with van der Waals surface area (Å²) < 4.78 is 11.2. The summed E-state index contributed by atoms with van der Waals surface area (Å²) in [4.78, 5) is 16.8. The summed E-state index contributed by atoms with van der Waals surface area (Å²) in [5.41, 5.74) is 3.11. The number of nitrogens with zero attached hydrogens (tertiary/aromatic N) is 1. The van der Waals surface area contributed by atoms with Crippen molar-refractivity contribution in [1.29, 1.82) is 0 Å². The van der Waals surface area contributed by atoms with E-state index in [1.54, 1.807) is 12.7 Å². The summed E-state index contributed by atoms with van der Waals surface area (Å²) in [6, 6.07) is 8.33. The van der Waals surface area contributed by atoms with Gasteiger partial charge in [-0.05, 0) is 54.9 Å². The zero-order chi connectivity index (χ0) is 21.6. The number of carbonyl (C=O) groups excluding carboxylic acids is 1. The molecule has 1 saturated carbocycles. The molecule has 31 heavy (non-hydrogen) atoms. The number of carbonyl (C=O) groups is 1. The molecule has 2 aliphatic carbocycles. The largest absolute Gasteiger partial charge is 0.497 e. The lowest BCUT2D eigenvalue weighted by atomic mass is 9.59. The van der Waals surface area contributed by atoms with Crippen LogP contribution in [0.25, 0.3) is 0 Å². The number of quaternary nitrogens is 1. The second kappa shape index (κ2) is 8.16. The van der Waals surface area contributed by atoms with E-state index in [9.17, 15) is 4.79 Å². The molecule has 1 N–H and O–H groups in total. The Labute approximate surface area is 186 Å². The Bertz CT molecular complexity index is 843. The number of nitrogens with one attached hydrogen (secondary N) is 1. The third kappa shape index (κ3) is 3.86. The fourth-order valence-corrected chi connectivity index (χ4v) is 6.67. The highest BCUT2D eigenvalue weighted by molar-refractivity contribution is 5.76. The Kier molecular flexibility index (Phi) is 5.49. The number of rotatable bonds is 4. The van der Waals surface area contributed by atoms with Crippen LogP contribution in [0.2, 0.25) is 0 Å². The molecular formula is C26H37N2O3+. The van der Waals surface area contributed by atoms with Gasteiger partial charge in [0, 0.05) is 11.6 Å². The minimum absolute atomic E-state index is 0.0266. The van der Waals surface area contributed by atoms with Gasteiger partial charge in [0.1, 0.15) is 17.8 Å². The monoisotopic (exact) mass is 425 g/mol. The van der Waals surface area contributed by atoms with Crippen LogP contribution in [0.3, 0.4) is 0 Å². The lowest BCUT2D eigenvalue weighted by Crippen LogP contribution is -3.15. The summed E-state index contributed by atoms with van der Waals surface area (Å²) in [6.07, 6.45) is 7.43. The van der Waals surface area contributed by atoms with Crippen molar-refractivity contribution in [1.82, 2.24) is 0 Å². The topological polar surface area (TPSA) is 43.2 Å². The van der Waals surface area contributed by atoms with Gasteiger partial charge in [0.15, 0.2) is 0 Å². The van der Waals surface area contributed by atoms with Gasteiger partial charge < -0.3 is 19.3 Å². The van der Waals surface area contributed by atoms with Crippen molar-refractivity contribution in [3.8, 4) is 5.75 Å². The lowest BCUT2D eigenvalue weighted by Gasteiger charge is -2.46. The van der Waals surface area contributed by atoms with Gasteiger partial charge in [0.2, 0.25) is 0 Å². The molecule has 0 unspecified atom stereocenters. The van der Waals surface area contributed by atoms with Crippen molar-refractivity contribution in [3.05, 3.63) is 35.9 Å². The van der Waals surface area contributed by atoms with Crippen LogP contribution in [0, 0.1) is 23.2 Å². The Morgan fingerprint density at radius 2 is 1.97 bits per heavy atom. The van der Waals surface area contributed by atoms with Crippen molar-refractivity contribution in [2.45, 2.75) is 45.6 Å². The number of piperazine rings is 1. The highest BCUT2D eigenvalue weighted by Gasteiger charge is 2.52. The SMILES string of the molecule is COc1ccc(N2CC[NH+](C[C@@H]3C(=O)O[C@@H]4C[C@@]5(C)CCC[C@@H](C)C5=C[C@H]34)CC2)cc1. The van der Waals surface area contributed by atoms with Crippen molar-refractivity contribution in [3.63, 3.8) is 0 Å². The Balaban J connectivity index is 1.24. The van der Waals surface area contributed by atoms with Crippen LogP contribution >= 0.6 is 0 Å². The molecule has 0 bridgehead atoms. The number of fused-ring (bicyclic) bond motifs is 2. The van der Waals surface area contributed by atoms with E-state index < -0.39 is 0 Å². The fourth-order valence-electron chi connectivity index (χ4n) is 6.67. The van der Waals surface area contributed by atoms with Gasteiger partial charge in [-0.25, -0.2) is 0 Å². The molecule has 1 aromatic rings. The Morgan fingerprint density at radius 1 is 1.23 bits per heavy atom. The lowest BCUT2D eigenvalue weighted by molar-refractivity contribution is -0.903. The Morgan fingerprint density at radius 3 is 2.68 bits per heavy atom. The molecule has 2 saturated heterocycles. The van der Waals surface area contributed by atoms with E-state index in [4.69, 9.17) is 9.47 Å². The van der Waals surface area contributed by atoms with Crippen LogP contribution in [-0.2, 0) is 9.53 Å². The molecule has 5 nitrogen and oxygen atoms in total. The molecule has 2 aliphatic heterocycles. The second-order valence-electron chi connectivity index (χ2n) is 10.5. The molecule has 2 heterocycles. The summed E-state index contributed by atoms with van der Waals surface area (Å²) in [5, 5.41) is 0. The maximum atomic E-state index is 12.9. The van der Waals surface area contributed by atoms with Crippen LogP contribution in [0.4, 0.5) is 5.69 Å². The van der Waals surface area contributed by atoms with Crippen molar-refractivity contribution in [2.24, 2.45) is 23.2 Å². The summed E-state index contributed by atoms with van der Waals surface area (Å²) in [7, 11) is 1.70. The zero-order valence-corrected chi connectivity index (χ0v) is 19.2. The van der Waals surface area contributed by atoms with E-state index in [0.29, 0.717) is 5.92 Å². The molecule has 0 spiro atoms. The number of ether oxygens (including phenoxy) is 2. The summed E-state index contributed by atoms with van der Waals surface area (Å²) in [5.74, 6) is 1.90. The average Bonchev–Trinajstić information content (AvgIpc) is 3.06. The van der Waals surface area contributed by atoms with Gasteiger partial charge in [-0.2, -0.15) is 0 Å². The van der Waals surface area contributed by atoms with Crippen molar-refractivity contribution >= 4 is 11.7 Å². The summed E-state index contributed by atoms with van der Waals surface area (Å²) >= 11 is 0. The van der Waals surface area contributed by atoms with E-state index in [1.165, 1.54) is 29.8 Å². The maximum absolute atomic E-state index is 12.9. The number of hydrogen-bond donors (Lipinski definition) is 1. The third-order valence-electron chi connectivity index (χ3n) is 8.50. The molecule has 0 amide bonds. The molecule has 3 fully saturated rings. The Hall–Kier alpha value is -2.01. The van der Waals surface area contributed by atoms with Gasteiger partial charge in [0.25, 0.3) is 0 Å². The number of anilines is 1. The van der Waals surface area contributed by atoms with Crippen molar-refractivity contribution in [2.75, 3.05) is 44.7 Å². The fraction of sp³-hybridized carbons (Fsp3) is 0.654. The minimum Gasteiger partial charge on any atom is -0.497 e. The van der Waals surface area contributed by atoms with Gasteiger partial charge in [-0.3, -0.25) is 4.79 Å². The van der Waals surface area contributed by atoms with Crippen LogP contribution in [0.1, 0.15) is 39.5 Å². The molecule has 0 radical (unpaired) electrons. The van der Waals surface area contributed by atoms with Gasteiger partial charge >= 0.3 is 5.97 Å². The number of hydrogen-bond acceptors (Lipinski definition) is 4. The number of methoxy groups -OCH3 is 1. The minimum atomic E-state index is 0.0266. The van der Waals surface area contributed by atoms with Crippen molar-refractivity contribution < 1.29 is 19.2 Å². The molecule has 1 aromatic carbocycles. The first-order valence-electron chi connectivity index (χ1n) is 12.1. The van der Waals surface area contributed by atoms with E-state index >= 15 is 0 Å². The number of allylic oxidation sites excluding steroid dienone is 1. The number of esters is 1. The smallest absolute Gasteiger partial charge is 0.315 e. The molecule has 0 aromatic heterocycles. The highest BCUT2D eigenvalue weighted by Crippen LogP contribution is 2.53. The first kappa shape index (κ1) is 20.9. The first-order chi connectivity index (χ1) is 15.0. The zero-order valence-electron chi connectivity index (χ0n) is 19.2. The quantitative estimate of drug-likeness (QED) is 0.595. The molecule has 4 aliphatic rings. The van der Waals surface area contributed by atoms with Crippen LogP contribution in [0.5, 0.6) is 5.75 Å². The molecule has 5 atom stereocenters. The molecule has 5 rings (SSSR count). The van der Waals surface area contributed by atoms with Crippen LogP contribution < -0.4 is 14.5 Å². The summed E-state index contributed by atoms with van der Waals surface area (Å²) in [6.45, 7) is 9.86. The van der Waals surface area contributed by atoms with E-state index in [-0.39, 0.29) is 29.3 Å². The second-order valence-corrected chi connectivity index (χ2v) is 10.5. The predicted molar refractivity (Wildman–Crippen MR) is 121 cm³/mol. The highest BCUT2D eigenvalue weighted by atomic mass is 16.6. The standard InChI is InChI=1S/C26H36N2O3/c1-18-5-4-10-26(2)16-24-21(15-23(18)26)22(25(29)31-24)17-27-11-13-28(14-12-27)19-6-8-20(30-3)9-7-19/h6-9,15,18,21-22,24H,4-5,10-14,16-17H2,1-3H3/p+1/t18-,21-,22+,24-,26-/m1/s1. The van der Waals surface area contributed by atoms with Crippen LogP contribution in [-0.4, -0.2) is 51.9 Å². The third-order valence-corrected chi connectivity index (χ3v) is 8.50. The van der Waals surface area contributed by atoms with E-state index in [0.717, 1.165) is 44.9 Å². The van der Waals surface area contributed by atoms with Gasteiger partial charge in [-0.1, -0.05) is 31.9 Å². The normalized spacial score (nSPS) is 35.8.